The van der Waals surface area contributed by atoms with Gasteiger partial charge in [-0.25, -0.2) is 9.97 Å². The molecule has 0 amide bonds. The Morgan fingerprint density at radius 1 is 1.28 bits per heavy atom. The van der Waals surface area contributed by atoms with Gasteiger partial charge in [0, 0.05) is 23.2 Å². The molecule has 0 spiro atoms. The summed E-state index contributed by atoms with van der Waals surface area (Å²) < 4.78 is 0. The molecule has 4 atom stereocenters. The molecule has 2 aromatic rings. The number of aliphatic hydroxyl groups is 3. The van der Waals surface area contributed by atoms with Crippen molar-refractivity contribution in [2.45, 2.75) is 51.0 Å². The Labute approximate surface area is 149 Å². The first-order valence-corrected chi connectivity index (χ1v) is 8.95. The summed E-state index contributed by atoms with van der Waals surface area (Å²) in [5, 5.41) is 36.7. The monoisotopic (exact) mass is 365 g/mol. The number of anilines is 2. The number of hydrogen-bond donors (Lipinski definition) is 5. The van der Waals surface area contributed by atoms with E-state index in [-0.39, 0.29) is 5.95 Å². The van der Waals surface area contributed by atoms with Crippen molar-refractivity contribution in [3.05, 3.63) is 17.3 Å². The first-order valence-electron chi connectivity index (χ1n) is 8.07. The van der Waals surface area contributed by atoms with Gasteiger partial charge in [0.15, 0.2) is 0 Å². The van der Waals surface area contributed by atoms with Gasteiger partial charge in [0.2, 0.25) is 5.95 Å². The van der Waals surface area contributed by atoms with E-state index in [0.717, 1.165) is 10.7 Å². The summed E-state index contributed by atoms with van der Waals surface area (Å²) in [6, 6.07) is -0.472. The number of aliphatic hydroxyl groups excluding tert-OH is 2. The smallest absolute Gasteiger partial charge is 0.221 e. The van der Waals surface area contributed by atoms with E-state index in [1.165, 1.54) is 11.3 Å². The molecule has 6 N–H and O–H groups in total. The first kappa shape index (κ1) is 18.0. The lowest BCUT2D eigenvalue weighted by molar-refractivity contribution is -0.0601. The van der Waals surface area contributed by atoms with E-state index >= 15 is 0 Å². The van der Waals surface area contributed by atoms with E-state index in [0.29, 0.717) is 17.8 Å². The molecule has 0 unspecified atom stereocenters. The number of thiazole rings is 1. The van der Waals surface area contributed by atoms with E-state index in [1.54, 1.807) is 20.0 Å². The quantitative estimate of drug-likeness (QED) is 0.536. The zero-order valence-electron chi connectivity index (χ0n) is 14.3. The number of rotatable bonds is 4. The van der Waals surface area contributed by atoms with Crippen molar-refractivity contribution < 1.29 is 15.3 Å². The van der Waals surface area contributed by atoms with E-state index in [4.69, 9.17) is 5.73 Å². The van der Waals surface area contributed by atoms with Crippen molar-refractivity contribution >= 4 is 23.1 Å². The van der Waals surface area contributed by atoms with Gasteiger partial charge in [-0.3, -0.25) is 0 Å². The molecule has 9 heteroatoms. The second-order valence-electron chi connectivity index (χ2n) is 7.01. The summed E-state index contributed by atoms with van der Waals surface area (Å²) in [4.78, 5) is 12.7. The van der Waals surface area contributed by atoms with Crippen molar-refractivity contribution in [1.82, 2.24) is 15.0 Å². The van der Waals surface area contributed by atoms with Gasteiger partial charge in [-0.2, -0.15) is 4.98 Å². The van der Waals surface area contributed by atoms with Crippen molar-refractivity contribution in [2.75, 3.05) is 11.1 Å². The van der Waals surface area contributed by atoms with Crippen LogP contribution in [0.2, 0.25) is 0 Å². The van der Waals surface area contributed by atoms with E-state index < -0.39 is 29.8 Å². The van der Waals surface area contributed by atoms with Crippen molar-refractivity contribution in [2.24, 2.45) is 5.92 Å². The predicted molar refractivity (Wildman–Crippen MR) is 96.1 cm³/mol. The summed E-state index contributed by atoms with van der Waals surface area (Å²) in [5.74, 6) is 0.103. The van der Waals surface area contributed by atoms with Crippen molar-refractivity contribution in [1.29, 1.82) is 0 Å². The van der Waals surface area contributed by atoms with Crippen LogP contribution < -0.4 is 11.1 Å². The van der Waals surface area contributed by atoms with Crippen LogP contribution in [0.1, 0.15) is 26.0 Å². The summed E-state index contributed by atoms with van der Waals surface area (Å²) in [5.41, 5.74) is 6.18. The molecule has 1 aliphatic carbocycles. The molecule has 8 nitrogen and oxygen atoms in total. The fourth-order valence-electron chi connectivity index (χ4n) is 3.19. The van der Waals surface area contributed by atoms with Crippen LogP contribution in [0.4, 0.5) is 11.8 Å². The van der Waals surface area contributed by atoms with Crippen molar-refractivity contribution in [3.8, 4) is 10.6 Å². The Balaban J connectivity index is 1.89. The Morgan fingerprint density at radius 3 is 2.56 bits per heavy atom. The minimum Gasteiger partial charge on any atom is -0.390 e. The van der Waals surface area contributed by atoms with Crippen LogP contribution in [0.3, 0.4) is 0 Å². The highest BCUT2D eigenvalue weighted by Gasteiger charge is 2.47. The number of hydrogen-bond acceptors (Lipinski definition) is 9. The van der Waals surface area contributed by atoms with Crippen LogP contribution in [-0.2, 0) is 0 Å². The average molecular weight is 365 g/mol. The second-order valence-corrected chi connectivity index (χ2v) is 7.87. The van der Waals surface area contributed by atoms with Crippen LogP contribution in [0, 0.1) is 12.8 Å². The van der Waals surface area contributed by atoms with Crippen LogP contribution in [0.15, 0.2) is 11.6 Å². The van der Waals surface area contributed by atoms with Gasteiger partial charge in [0.05, 0.1) is 23.3 Å². The molecule has 1 saturated carbocycles. The Hall–Kier alpha value is -1.81. The van der Waals surface area contributed by atoms with Crippen LogP contribution in [-0.4, -0.2) is 54.1 Å². The summed E-state index contributed by atoms with van der Waals surface area (Å²) in [6.07, 6.45) is -0.0685. The van der Waals surface area contributed by atoms with Gasteiger partial charge in [-0.1, -0.05) is 0 Å². The maximum atomic E-state index is 10.4. The Bertz CT molecular complexity index is 760. The molecule has 0 aliphatic heterocycles. The Kier molecular flexibility index (Phi) is 4.67. The lowest BCUT2D eigenvalue weighted by Crippen LogP contribution is -2.40. The molecular weight excluding hydrogens is 342 g/mol. The third kappa shape index (κ3) is 3.59. The van der Waals surface area contributed by atoms with E-state index in [2.05, 4.69) is 20.3 Å². The second kappa shape index (κ2) is 6.49. The number of nitrogen functional groups attached to an aromatic ring is 1. The summed E-state index contributed by atoms with van der Waals surface area (Å²) in [7, 11) is 0. The first-order chi connectivity index (χ1) is 11.7. The zero-order valence-corrected chi connectivity index (χ0v) is 15.2. The van der Waals surface area contributed by atoms with E-state index in [9.17, 15) is 15.3 Å². The fraction of sp³-hybridized carbons (Fsp3) is 0.562. The van der Waals surface area contributed by atoms with Gasteiger partial charge in [-0.15, -0.1) is 11.3 Å². The molecule has 1 fully saturated rings. The SMILES string of the molecule is Cc1csc(-c2cnc(N)nc2N[C@@H]2C[C@H](C(C)(C)O)[C@@H](O)[C@H]2O)n1. The third-order valence-corrected chi connectivity index (χ3v) is 5.56. The van der Waals surface area contributed by atoms with Crippen molar-refractivity contribution in [3.63, 3.8) is 0 Å². The fourth-order valence-corrected chi connectivity index (χ4v) is 4.00. The molecule has 25 heavy (non-hydrogen) atoms. The molecule has 0 aromatic carbocycles. The molecule has 2 heterocycles. The lowest BCUT2D eigenvalue weighted by atomic mass is 9.88. The number of aromatic nitrogens is 3. The molecule has 136 valence electrons. The average Bonchev–Trinajstić information content (AvgIpc) is 3.06. The molecule has 0 bridgehead atoms. The highest BCUT2D eigenvalue weighted by Crippen LogP contribution is 2.37. The highest BCUT2D eigenvalue weighted by atomic mass is 32.1. The minimum absolute atomic E-state index is 0.103. The van der Waals surface area contributed by atoms with Crippen LogP contribution >= 0.6 is 11.3 Å². The summed E-state index contributed by atoms with van der Waals surface area (Å²) >= 11 is 1.46. The number of nitrogens with two attached hydrogens (primary N) is 1. The molecule has 1 aliphatic rings. The van der Waals surface area contributed by atoms with Crippen LogP contribution in [0.5, 0.6) is 0 Å². The minimum atomic E-state index is -1.10. The van der Waals surface area contributed by atoms with E-state index in [1.807, 2.05) is 12.3 Å². The molecule has 2 aromatic heterocycles. The highest BCUT2D eigenvalue weighted by molar-refractivity contribution is 7.13. The lowest BCUT2D eigenvalue weighted by Gasteiger charge is -2.28. The molecular formula is C16H23N5O3S. The van der Waals surface area contributed by atoms with Gasteiger partial charge in [-0.05, 0) is 27.2 Å². The molecule has 0 radical (unpaired) electrons. The predicted octanol–water partition coefficient (Wildman–Crippen LogP) is 0.784. The standard InChI is InChI=1S/C16H23N5O3S/c1-7-6-25-14(19-7)8-5-18-15(17)21-13(8)20-10-4-9(16(2,3)24)11(22)12(10)23/h5-6,9-12,22-24H,4H2,1-3H3,(H3,17,18,20,21)/t9-,10+,11+,12-/m0/s1. The van der Waals surface area contributed by atoms with Gasteiger partial charge >= 0.3 is 0 Å². The largest absolute Gasteiger partial charge is 0.390 e. The van der Waals surface area contributed by atoms with Gasteiger partial charge in [0.1, 0.15) is 16.9 Å². The number of nitrogens with zero attached hydrogens (tertiary/aromatic N) is 3. The van der Waals surface area contributed by atoms with Gasteiger partial charge < -0.3 is 26.4 Å². The third-order valence-electron chi connectivity index (χ3n) is 4.57. The number of nitrogens with one attached hydrogen (secondary N) is 1. The summed E-state index contributed by atoms with van der Waals surface area (Å²) in [6.45, 7) is 5.15. The number of aryl methyl sites for hydroxylation is 1. The molecule has 3 rings (SSSR count). The maximum Gasteiger partial charge on any atom is 0.221 e. The van der Waals surface area contributed by atoms with Crippen LogP contribution in [0.25, 0.3) is 10.6 Å². The van der Waals surface area contributed by atoms with Gasteiger partial charge in [0.25, 0.3) is 0 Å². The molecule has 0 saturated heterocycles. The normalized spacial score (nSPS) is 26.8. The topological polar surface area (TPSA) is 137 Å². The maximum absolute atomic E-state index is 10.4. The zero-order chi connectivity index (χ0) is 18.4. The Morgan fingerprint density at radius 2 is 2.00 bits per heavy atom.